The zero-order valence-corrected chi connectivity index (χ0v) is 11.6. The lowest BCUT2D eigenvalue weighted by atomic mass is 10.2. The summed E-state index contributed by atoms with van der Waals surface area (Å²) in [5, 5.41) is 0. The molecule has 5 heteroatoms. The van der Waals surface area contributed by atoms with Crippen LogP contribution in [0.5, 0.6) is 0 Å². The van der Waals surface area contributed by atoms with Gasteiger partial charge in [0.05, 0.1) is 11.9 Å². The molecule has 0 saturated heterocycles. The molecule has 0 spiro atoms. The summed E-state index contributed by atoms with van der Waals surface area (Å²) in [6.45, 7) is 0.238. The second-order valence-corrected chi connectivity index (χ2v) is 4.93. The topological polar surface area (TPSA) is 65.2 Å². The van der Waals surface area contributed by atoms with Gasteiger partial charge in [0.1, 0.15) is 12.3 Å². The van der Waals surface area contributed by atoms with Gasteiger partial charge in [0, 0.05) is 3.57 Å². The first-order valence-corrected chi connectivity index (χ1v) is 6.36. The predicted octanol–water partition coefficient (Wildman–Crippen LogP) is 2.63. The van der Waals surface area contributed by atoms with Gasteiger partial charge in [-0.3, -0.25) is 0 Å². The highest BCUT2D eigenvalue weighted by atomic mass is 127. The number of carbonyl (C=O) groups is 1. The molecule has 1 aromatic carbocycles. The number of esters is 1. The van der Waals surface area contributed by atoms with Gasteiger partial charge in [0.15, 0.2) is 0 Å². The minimum Gasteiger partial charge on any atom is -0.456 e. The molecule has 0 saturated carbocycles. The number of aromatic nitrogens is 1. The van der Waals surface area contributed by atoms with Gasteiger partial charge in [-0.15, -0.1) is 0 Å². The molecule has 0 radical (unpaired) electrons. The summed E-state index contributed by atoms with van der Waals surface area (Å²) in [5.41, 5.74) is 7.21. The van der Waals surface area contributed by atoms with Crippen molar-refractivity contribution < 1.29 is 9.53 Å². The van der Waals surface area contributed by atoms with Crippen LogP contribution >= 0.6 is 22.6 Å². The summed E-state index contributed by atoms with van der Waals surface area (Å²) >= 11 is 2.22. The van der Waals surface area contributed by atoms with Crippen LogP contribution in [0.25, 0.3) is 0 Å². The standard InChI is InChI=1S/C13H11IN2O2/c14-10-3-1-9(2-4-10)8-18-13(17)12-6-5-11(15)7-16-12/h1-7H,8,15H2. The summed E-state index contributed by atoms with van der Waals surface area (Å²) < 4.78 is 6.29. The molecule has 0 unspecified atom stereocenters. The molecule has 1 aromatic heterocycles. The van der Waals surface area contributed by atoms with Gasteiger partial charge in [-0.2, -0.15) is 0 Å². The van der Waals surface area contributed by atoms with Gasteiger partial charge in [-0.05, 0) is 52.4 Å². The average molecular weight is 354 g/mol. The second-order valence-electron chi connectivity index (χ2n) is 3.68. The van der Waals surface area contributed by atoms with Crippen LogP contribution in [0.4, 0.5) is 5.69 Å². The summed E-state index contributed by atoms with van der Waals surface area (Å²) in [6, 6.07) is 10.9. The van der Waals surface area contributed by atoms with E-state index in [9.17, 15) is 4.79 Å². The molecule has 0 bridgehead atoms. The van der Waals surface area contributed by atoms with E-state index < -0.39 is 5.97 Å². The molecule has 1 heterocycles. The number of nitrogens with zero attached hydrogens (tertiary/aromatic N) is 1. The van der Waals surface area contributed by atoms with Crippen LogP contribution in [0, 0.1) is 3.57 Å². The molecule has 0 atom stereocenters. The van der Waals surface area contributed by atoms with Crippen LogP contribution < -0.4 is 5.73 Å². The van der Waals surface area contributed by atoms with E-state index >= 15 is 0 Å². The fraction of sp³-hybridized carbons (Fsp3) is 0.0769. The maximum atomic E-state index is 11.7. The van der Waals surface area contributed by atoms with Crippen molar-refractivity contribution in [2.75, 3.05) is 5.73 Å². The van der Waals surface area contributed by atoms with Crippen LogP contribution in [-0.4, -0.2) is 11.0 Å². The van der Waals surface area contributed by atoms with Crippen LogP contribution in [0.2, 0.25) is 0 Å². The number of anilines is 1. The molecule has 18 heavy (non-hydrogen) atoms. The maximum Gasteiger partial charge on any atom is 0.357 e. The van der Waals surface area contributed by atoms with Crippen LogP contribution in [0.15, 0.2) is 42.6 Å². The van der Waals surface area contributed by atoms with E-state index in [4.69, 9.17) is 10.5 Å². The van der Waals surface area contributed by atoms with E-state index in [0.717, 1.165) is 9.13 Å². The van der Waals surface area contributed by atoms with Crippen molar-refractivity contribution >= 4 is 34.2 Å². The Labute approximate surface area is 118 Å². The van der Waals surface area contributed by atoms with Gasteiger partial charge < -0.3 is 10.5 Å². The summed E-state index contributed by atoms with van der Waals surface area (Å²) in [4.78, 5) is 15.6. The Balaban J connectivity index is 1.96. The average Bonchev–Trinajstić information content (AvgIpc) is 2.38. The molecule has 4 nitrogen and oxygen atoms in total. The minimum absolute atomic E-state index is 0.238. The van der Waals surface area contributed by atoms with Gasteiger partial charge >= 0.3 is 5.97 Å². The minimum atomic E-state index is -0.450. The van der Waals surface area contributed by atoms with Crippen molar-refractivity contribution in [3.63, 3.8) is 0 Å². The monoisotopic (exact) mass is 354 g/mol. The van der Waals surface area contributed by atoms with E-state index in [1.807, 2.05) is 24.3 Å². The highest BCUT2D eigenvalue weighted by Crippen LogP contribution is 2.09. The molecule has 2 aromatic rings. The van der Waals surface area contributed by atoms with Crippen LogP contribution in [0.3, 0.4) is 0 Å². The third kappa shape index (κ3) is 3.43. The highest BCUT2D eigenvalue weighted by Gasteiger charge is 2.08. The lowest BCUT2D eigenvalue weighted by Crippen LogP contribution is -2.07. The first-order valence-electron chi connectivity index (χ1n) is 5.28. The number of nitrogen functional groups attached to an aromatic ring is 1. The van der Waals surface area contributed by atoms with Crippen LogP contribution in [-0.2, 0) is 11.3 Å². The predicted molar refractivity (Wildman–Crippen MR) is 76.9 cm³/mol. The fourth-order valence-electron chi connectivity index (χ4n) is 1.33. The Kier molecular flexibility index (Phi) is 4.14. The number of nitrogens with two attached hydrogens (primary N) is 1. The third-order valence-corrected chi connectivity index (χ3v) is 3.00. The Morgan fingerprint density at radius 1 is 1.22 bits per heavy atom. The molecule has 0 aliphatic heterocycles. The molecule has 0 fully saturated rings. The molecule has 0 amide bonds. The van der Waals surface area contributed by atoms with Crippen molar-refractivity contribution in [1.29, 1.82) is 0 Å². The molecule has 2 N–H and O–H groups in total. The second kappa shape index (κ2) is 5.81. The van der Waals surface area contributed by atoms with E-state index in [0.29, 0.717) is 5.69 Å². The molecular formula is C13H11IN2O2. The summed E-state index contributed by atoms with van der Waals surface area (Å²) in [6.07, 6.45) is 1.43. The number of benzene rings is 1. The highest BCUT2D eigenvalue weighted by molar-refractivity contribution is 14.1. The fourth-order valence-corrected chi connectivity index (χ4v) is 1.69. The van der Waals surface area contributed by atoms with Gasteiger partial charge in [-0.25, -0.2) is 9.78 Å². The molecule has 92 valence electrons. The van der Waals surface area contributed by atoms with Crippen molar-refractivity contribution in [3.05, 3.63) is 57.4 Å². The molecule has 2 rings (SSSR count). The number of carbonyl (C=O) groups excluding carboxylic acids is 1. The SMILES string of the molecule is Nc1ccc(C(=O)OCc2ccc(I)cc2)nc1. The Morgan fingerprint density at radius 3 is 2.56 bits per heavy atom. The van der Waals surface area contributed by atoms with Crippen molar-refractivity contribution in [2.45, 2.75) is 6.61 Å². The number of pyridine rings is 1. The zero-order chi connectivity index (χ0) is 13.0. The molecule has 0 aliphatic carbocycles. The van der Waals surface area contributed by atoms with Gasteiger partial charge in [0.25, 0.3) is 0 Å². The van der Waals surface area contributed by atoms with E-state index in [1.165, 1.54) is 6.20 Å². The molecular weight excluding hydrogens is 343 g/mol. The zero-order valence-electron chi connectivity index (χ0n) is 9.47. The van der Waals surface area contributed by atoms with Crippen LogP contribution in [0.1, 0.15) is 16.1 Å². The first-order chi connectivity index (χ1) is 8.65. The number of hydrogen-bond donors (Lipinski definition) is 1. The number of rotatable bonds is 3. The number of hydrogen-bond acceptors (Lipinski definition) is 4. The number of halogens is 1. The molecule has 0 aliphatic rings. The largest absolute Gasteiger partial charge is 0.456 e. The summed E-state index contributed by atoms with van der Waals surface area (Å²) in [7, 11) is 0. The Morgan fingerprint density at radius 2 is 1.94 bits per heavy atom. The summed E-state index contributed by atoms with van der Waals surface area (Å²) in [5.74, 6) is -0.450. The smallest absolute Gasteiger partial charge is 0.357 e. The van der Waals surface area contributed by atoms with Gasteiger partial charge in [-0.1, -0.05) is 12.1 Å². The lowest BCUT2D eigenvalue weighted by molar-refractivity contribution is 0.0466. The van der Waals surface area contributed by atoms with E-state index in [1.54, 1.807) is 12.1 Å². The Hall–Kier alpha value is -1.63. The van der Waals surface area contributed by atoms with E-state index in [-0.39, 0.29) is 12.3 Å². The van der Waals surface area contributed by atoms with Crippen molar-refractivity contribution in [2.24, 2.45) is 0 Å². The van der Waals surface area contributed by atoms with Crippen molar-refractivity contribution in [3.8, 4) is 0 Å². The normalized spacial score (nSPS) is 10.1. The van der Waals surface area contributed by atoms with Gasteiger partial charge in [0.2, 0.25) is 0 Å². The first kappa shape index (κ1) is 12.8. The van der Waals surface area contributed by atoms with E-state index in [2.05, 4.69) is 27.6 Å². The van der Waals surface area contributed by atoms with Crippen molar-refractivity contribution in [1.82, 2.24) is 4.98 Å². The Bertz CT molecular complexity index is 538. The third-order valence-electron chi connectivity index (χ3n) is 2.28. The lowest BCUT2D eigenvalue weighted by Gasteiger charge is -2.04. The quantitative estimate of drug-likeness (QED) is 0.680. The number of ether oxygens (including phenoxy) is 1. The maximum absolute atomic E-state index is 11.7.